The summed E-state index contributed by atoms with van der Waals surface area (Å²) < 4.78 is 0. The number of para-hydroxylation sites is 1. The van der Waals surface area contributed by atoms with Crippen LogP contribution in [0.5, 0.6) is 0 Å². The Balaban J connectivity index is 1.12. The van der Waals surface area contributed by atoms with Crippen molar-refractivity contribution in [3.63, 3.8) is 0 Å². The van der Waals surface area contributed by atoms with Crippen molar-refractivity contribution in [3.05, 3.63) is 188 Å². The van der Waals surface area contributed by atoms with Crippen LogP contribution < -0.4 is 0 Å². The molecule has 0 spiro atoms. The Bertz CT molecular complexity index is 2550. The van der Waals surface area contributed by atoms with Crippen LogP contribution in [-0.4, -0.2) is 15.0 Å². The first kappa shape index (κ1) is 29.4. The maximum Gasteiger partial charge on any atom is 0.160 e. The molecule has 0 radical (unpaired) electrons. The number of rotatable bonds is 6. The molecule has 0 atom stereocenters. The molecule has 9 aromatic rings. The molecule has 0 saturated heterocycles. The summed E-state index contributed by atoms with van der Waals surface area (Å²) in [6, 6.07) is 63.9. The smallest absolute Gasteiger partial charge is 0.160 e. The number of hydrogen-bond acceptors (Lipinski definition) is 3. The number of pyridine rings is 1. The molecule has 3 heteroatoms. The van der Waals surface area contributed by atoms with Crippen molar-refractivity contribution >= 4 is 21.7 Å². The summed E-state index contributed by atoms with van der Waals surface area (Å²) in [6.45, 7) is 0. The van der Waals surface area contributed by atoms with Gasteiger partial charge in [-0.25, -0.2) is 9.97 Å². The minimum Gasteiger partial charge on any atom is -0.256 e. The fourth-order valence-electron chi connectivity index (χ4n) is 6.77. The summed E-state index contributed by atoms with van der Waals surface area (Å²) in [6.07, 6.45) is 1.86. The molecule has 3 nitrogen and oxygen atoms in total. The lowest BCUT2D eigenvalue weighted by Gasteiger charge is -2.14. The Labute approximate surface area is 291 Å². The van der Waals surface area contributed by atoms with E-state index in [-0.39, 0.29) is 0 Å². The van der Waals surface area contributed by atoms with Gasteiger partial charge in [0.25, 0.3) is 0 Å². The quantitative estimate of drug-likeness (QED) is 0.182. The van der Waals surface area contributed by atoms with Gasteiger partial charge in [0.05, 0.1) is 16.9 Å². The van der Waals surface area contributed by atoms with Gasteiger partial charge in [-0.2, -0.15) is 0 Å². The van der Waals surface area contributed by atoms with Gasteiger partial charge in [0.1, 0.15) is 0 Å². The van der Waals surface area contributed by atoms with Gasteiger partial charge in [0.2, 0.25) is 0 Å². The van der Waals surface area contributed by atoms with Crippen molar-refractivity contribution in [1.29, 1.82) is 0 Å². The maximum atomic E-state index is 5.04. The van der Waals surface area contributed by atoms with Crippen LogP contribution in [0, 0.1) is 0 Å². The SMILES string of the molecule is c1ccc(-c2cc(-c3ccccc3)nc(-c3ccc(-c4cc5ccccc5cc4-c4ccc(-c5cccc6cccnc56)cc4)cc3)n2)cc1. The predicted molar refractivity (Wildman–Crippen MR) is 207 cm³/mol. The van der Waals surface area contributed by atoms with Crippen molar-refractivity contribution in [1.82, 2.24) is 15.0 Å². The summed E-state index contributed by atoms with van der Waals surface area (Å²) in [5, 5.41) is 3.56. The Hall–Kier alpha value is -6.71. The zero-order valence-electron chi connectivity index (χ0n) is 27.2. The highest BCUT2D eigenvalue weighted by Crippen LogP contribution is 2.38. The second-order valence-corrected chi connectivity index (χ2v) is 12.5. The second kappa shape index (κ2) is 12.7. The van der Waals surface area contributed by atoms with Crippen LogP contribution in [-0.2, 0) is 0 Å². The Kier molecular flexibility index (Phi) is 7.49. The van der Waals surface area contributed by atoms with Gasteiger partial charge in [-0.05, 0) is 62.9 Å². The highest BCUT2D eigenvalue weighted by molar-refractivity contribution is 5.98. The zero-order chi connectivity index (χ0) is 33.3. The monoisotopic (exact) mass is 637 g/mol. The van der Waals surface area contributed by atoms with E-state index in [2.05, 4.69) is 145 Å². The van der Waals surface area contributed by atoms with E-state index in [0.717, 1.165) is 61.2 Å². The standard InChI is InChI=1S/C47H31N3/c1-3-11-35(12-4-1)44-31-45(36-13-5-2-6-14-36)50-47(49-44)38-26-24-34(25-27-38)43-30-40-16-8-7-15-39(40)29-42(43)33-22-20-32(21-23-33)41-19-9-17-37-18-10-28-48-46(37)41/h1-31H. The van der Waals surface area contributed by atoms with Crippen LogP contribution in [0.4, 0.5) is 0 Å². The van der Waals surface area contributed by atoms with Crippen LogP contribution >= 0.6 is 0 Å². The molecule has 0 N–H and O–H groups in total. The average molecular weight is 638 g/mol. The number of fused-ring (bicyclic) bond motifs is 2. The van der Waals surface area contributed by atoms with Crippen molar-refractivity contribution < 1.29 is 0 Å². The van der Waals surface area contributed by atoms with E-state index >= 15 is 0 Å². The highest BCUT2D eigenvalue weighted by atomic mass is 14.9. The zero-order valence-corrected chi connectivity index (χ0v) is 27.2. The molecule has 0 aliphatic rings. The topological polar surface area (TPSA) is 38.7 Å². The molecule has 0 aliphatic carbocycles. The van der Waals surface area contributed by atoms with Gasteiger partial charge in [0.15, 0.2) is 5.82 Å². The number of benzene rings is 7. The highest BCUT2D eigenvalue weighted by Gasteiger charge is 2.14. The van der Waals surface area contributed by atoms with Crippen LogP contribution in [0.25, 0.3) is 89.0 Å². The van der Waals surface area contributed by atoms with Crippen LogP contribution in [0.15, 0.2) is 188 Å². The van der Waals surface area contributed by atoms with Crippen molar-refractivity contribution in [2.24, 2.45) is 0 Å². The van der Waals surface area contributed by atoms with Gasteiger partial charge in [0, 0.05) is 33.8 Å². The fraction of sp³-hybridized carbons (Fsp3) is 0. The molecule has 234 valence electrons. The van der Waals surface area contributed by atoms with Gasteiger partial charge in [-0.1, -0.05) is 158 Å². The third-order valence-corrected chi connectivity index (χ3v) is 9.34. The second-order valence-electron chi connectivity index (χ2n) is 12.5. The van der Waals surface area contributed by atoms with Gasteiger partial charge in [-0.15, -0.1) is 0 Å². The van der Waals surface area contributed by atoms with Crippen LogP contribution in [0.3, 0.4) is 0 Å². The van der Waals surface area contributed by atoms with Gasteiger partial charge < -0.3 is 0 Å². The molecule has 0 unspecified atom stereocenters. The first-order valence-corrected chi connectivity index (χ1v) is 16.8. The predicted octanol–water partition coefficient (Wildman–Crippen LogP) is 12.2. The van der Waals surface area contributed by atoms with E-state index in [1.165, 1.54) is 21.9 Å². The summed E-state index contributed by atoms with van der Waals surface area (Å²) in [5.41, 5.74) is 12.9. The maximum absolute atomic E-state index is 5.04. The van der Waals surface area contributed by atoms with Crippen molar-refractivity contribution in [2.45, 2.75) is 0 Å². The van der Waals surface area contributed by atoms with E-state index in [1.54, 1.807) is 0 Å². The molecule has 50 heavy (non-hydrogen) atoms. The minimum absolute atomic E-state index is 0.703. The Morgan fingerprint density at radius 2 is 0.760 bits per heavy atom. The van der Waals surface area contributed by atoms with Gasteiger partial charge >= 0.3 is 0 Å². The largest absolute Gasteiger partial charge is 0.256 e. The van der Waals surface area contributed by atoms with E-state index in [1.807, 2.05) is 48.7 Å². The van der Waals surface area contributed by atoms with E-state index < -0.39 is 0 Å². The van der Waals surface area contributed by atoms with Crippen molar-refractivity contribution in [3.8, 4) is 67.3 Å². The Morgan fingerprint density at radius 1 is 0.300 bits per heavy atom. The van der Waals surface area contributed by atoms with Crippen LogP contribution in [0.1, 0.15) is 0 Å². The molecule has 0 saturated carbocycles. The molecule has 0 amide bonds. The number of hydrogen-bond donors (Lipinski definition) is 0. The molecule has 2 aromatic heterocycles. The molecule has 0 bridgehead atoms. The molecule has 9 rings (SSSR count). The summed E-state index contributed by atoms with van der Waals surface area (Å²) in [4.78, 5) is 14.8. The van der Waals surface area contributed by atoms with E-state index in [0.29, 0.717) is 5.82 Å². The van der Waals surface area contributed by atoms with Gasteiger partial charge in [-0.3, -0.25) is 4.98 Å². The molecular weight excluding hydrogens is 607 g/mol. The molecule has 0 fully saturated rings. The number of nitrogens with zero attached hydrogens (tertiary/aromatic N) is 3. The van der Waals surface area contributed by atoms with E-state index in [4.69, 9.17) is 9.97 Å². The molecule has 2 heterocycles. The third kappa shape index (κ3) is 5.61. The van der Waals surface area contributed by atoms with Crippen LogP contribution in [0.2, 0.25) is 0 Å². The minimum atomic E-state index is 0.703. The fourth-order valence-corrected chi connectivity index (χ4v) is 6.77. The van der Waals surface area contributed by atoms with E-state index in [9.17, 15) is 0 Å². The first-order chi connectivity index (χ1) is 24.8. The first-order valence-electron chi connectivity index (χ1n) is 16.8. The number of aromatic nitrogens is 3. The molecule has 7 aromatic carbocycles. The van der Waals surface area contributed by atoms with Crippen molar-refractivity contribution in [2.75, 3.05) is 0 Å². The molecular formula is C47H31N3. The lowest BCUT2D eigenvalue weighted by atomic mass is 9.90. The summed E-state index contributed by atoms with van der Waals surface area (Å²) in [5.74, 6) is 0.703. The average Bonchev–Trinajstić information content (AvgIpc) is 3.21. The Morgan fingerprint density at radius 3 is 1.32 bits per heavy atom. The normalized spacial score (nSPS) is 11.2. The third-order valence-electron chi connectivity index (χ3n) is 9.34. The molecule has 0 aliphatic heterocycles. The summed E-state index contributed by atoms with van der Waals surface area (Å²) in [7, 11) is 0. The summed E-state index contributed by atoms with van der Waals surface area (Å²) >= 11 is 0. The lowest BCUT2D eigenvalue weighted by molar-refractivity contribution is 1.18. The lowest BCUT2D eigenvalue weighted by Crippen LogP contribution is -1.96.